The molecule has 0 aliphatic heterocycles. The van der Waals surface area contributed by atoms with Crippen molar-refractivity contribution in [2.24, 2.45) is 0 Å². The van der Waals surface area contributed by atoms with E-state index in [1.165, 1.54) is 49.7 Å². The van der Waals surface area contributed by atoms with E-state index in [2.05, 4.69) is 31.9 Å². The van der Waals surface area contributed by atoms with E-state index >= 15 is 0 Å². The minimum atomic E-state index is 0.589. The van der Waals surface area contributed by atoms with Crippen LogP contribution in [0.15, 0.2) is 43.7 Å². The van der Waals surface area contributed by atoms with Crippen LogP contribution < -0.4 is 5.73 Å². The predicted molar refractivity (Wildman–Crippen MR) is 92.2 cm³/mol. The third-order valence-electron chi connectivity index (χ3n) is 3.94. The first kappa shape index (κ1) is 17.4. The average molecular weight is 287 g/mol. The molecule has 1 aliphatic rings. The molecule has 1 aromatic rings. The zero-order chi connectivity index (χ0) is 15.7. The van der Waals surface area contributed by atoms with Gasteiger partial charge in [0.2, 0.25) is 0 Å². The van der Waals surface area contributed by atoms with E-state index in [4.69, 9.17) is 10.5 Å². The smallest absolute Gasteiger partial charge is 0.113 e. The Balaban J connectivity index is 0.00000106. The molecule has 116 valence electrons. The van der Waals surface area contributed by atoms with Gasteiger partial charge >= 0.3 is 0 Å². The van der Waals surface area contributed by atoms with E-state index in [0.29, 0.717) is 12.5 Å². The first-order chi connectivity index (χ1) is 10.2. The molecule has 1 fully saturated rings. The third-order valence-corrected chi connectivity index (χ3v) is 3.94. The molecule has 0 radical (unpaired) electrons. The topological polar surface area (TPSA) is 35.2 Å². The first-order valence-electron chi connectivity index (χ1n) is 7.83. The van der Waals surface area contributed by atoms with Gasteiger partial charge in [-0.1, -0.05) is 38.3 Å². The van der Waals surface area contributed by atoms with Crippen LogP contribution in [-0.4, -0.2) is 0 Å². The molecular formula is C19H29NO. The van der Waals surface area contributed by atoms with Crippen molar-refractivity contribution in [3.05, 3.63) is 54.8 Å². The number of benzene rings is 1. The third kappa shape index (κ3) is 5.66. The van der Waals surface area contributed by atoms with Crippen LogP contribution in [0, 0.1) is 0 Å². The number of hydrogen-bond acceptors (Lipinski definition) is 2. The summed E-state index contributed by atoms with van der Waals surface area (Å²) < 4.78 is 5.60. The molecule has 0 amide bonds. The Hall–Kier alpha value is -1.70. The fourth-order valence-electron chi connectivity index (χ4n) is 2.94. The van der Waals surface area contributed by atoms with Gasteiger partial charge in [0, 0.05) is 5.69 Å². The molecule has 2 N–H and O–H groups in total. The molecule has 0 aromatic heterocycles. The van der Waals surface area contributed by atoms with Crippen LogP contribution in [0.2, 0.25) is 0 Å². The van der Waals surface area contributed by atoms with Crippen molar-refractivity contribution < 1.29 is 4.74 Å². The van der Waals surface area contributed by atoms with Gasteiger partial charge < -0.3 is 10.5 Å². The minimum absolute atomic E-state index is 0.589. The summed E-state index contributed by atoms with van der Waals surface area (Å²) in [5.74, 6) is 1.43. The molecule has 0 bridgehead atoms. The van der Waals surface area contributed by atoms with Crippen LogP contribution in [-0.2, 0) is 11.3 Å². The largest absolute Gasteiger partial charge is 0.494 e. The quantitative estimate of drug-likeness (QED) is 0.340. The molecule has 1 aliphatic carbocycles. The van der Waals surface area contributed by atoms with E-state index in [1.54, 1.807) is 0 Å². The fraction of sp³-hybridized carbons (Fsp3) is 0.474. The predicted octanol–water partition coefficient (Wildman–Crippen LogP) is 5.56. The van der Waals surface area contributed by atoms with Gasteiger partial charge in [-0.15, -0.1) is 13.2 Å². The zero-order valence-electron chi connectivity index (χ0n) is 13.4. The highest BCUT2D eigenvalue weighted by molar-refractivity contribution is 5.45. The molecule has 0 spiro atoms. The van der Waals surface area contributed by atoms with Crippen LogP contribution in [0.4, 0.5) is 5.69 Å². The molecule has 2 rings (SSSR count). The number of rotatable bonds is 4. The number of nitrogen functional groups attached to an aromatic ring is 1. The van der Waals surface area contributed by atoms with Crippen LogP contribution in [0.5, 0.6) is 0 Å². The molecule has 1 saturated carbocycles. The van der Waals surface area contributed by atoms with E-state index < -0.39 is 0 Å². The summed E-state index contributed by atoms with van der Waals surface area (Å²) in [6, 6.07) is 6.27. The maximum atomic E-state index is 5.92. The number of hydrogen-bond donors (Lipinski definition) is 1. The second kappa shape index (κ2) is 9.28. The Morgan fingerprint density at radius 2 is 1.81 bits per heavy atom. The van der Waals surface area contributed by atoms with Gasteiger partial charge in [-0.3, -0.25) is 0 Å². The molecule has 0 heterocycles. The fourth-order valence-corrected chi connectivity index (χ4v) is 2.94. The van der Waals surface area contributed by atoms with Gasteiger partial charge in [0.1, 0.15) is 6.61 Å². The zero-order valence-corrected chi connectivity index (χ0v) is 13.4. The van der Waals surface area contributed by atoms with Gasteiger partial charge in [0.05, 0.1) is 5.76 Å². The number of nitrogens with two attached hydrogens (primary N) is 1. The van der Waals surface area contributed by atoms with Crippen molar-refractivity contribution in [3.8, 4) is 0 Å². The van der Waals surface area contributed by atoms with Gasteiger partial charge in [0.15, 0.2) is 0 Å². The van der Waals surface area contributed by atoms with Gasteiger partial charge in [-0.25, -0.2) is 0 Å². The summed E-state index contributed by atoms with van der Waals surface area (Å²) in [6.45, 7) is 12.3. The normalized spacial score (nSPS) is 15.5. The van der Waals surface area contributed by atoms with Crippen molar-refractivity contribution >= 4 is 5.69 Å². The van der Waals surface area contributed by atoms with E-state index in [0.717, 1.165) is 11.4 Å². The lowest BCUT2D eigenvalue weighted by molar-refractivity contribution is 0.201. The highest BCUT2D eigenvalue weighted by Crippen LogP contribution is 2.34. The summed E-state index contributed by atoms with van der Waals surface area (Å²) >= 11 is 0. The summed E-state index contributed by atoms with van der Waals surface area (Å²) in [4.78, 5) is 0. The number of anilines is 1. The molecule has 2 heteroatoms. The Morgan fingerprint density at radius 1 is 1.19 bits per heavy atom. The van der Waals surface area contributed by atoms with Crippen molar-refractivity contribution in [1.29, 1.82) is 0 Å². The van der Waals surface area contributed by atoms with Crippen LogP contribution in [0.3, 0.4) is 0 Å². The number of ether oxygens (including phenoxy) is 1. The Kier molecular flexibility index (Phi) is 7.66. The standard InChI is InChI=1S/C17H25NO.C2H4/c1-13(2)19-12-15-11-16(18)9-10-17(15)14-7-5-3-4-6-8-14;1-2/h9-11,14H,1,3-8,12,18H2,2H3;1-2H2. The maximum Gasteiger partial charge on any atom is 0.113 e. The molecule has 0 atom stereocenters. The molecule has 0 unspecified atom stereocenters. The van der Waals surface area contributed by atoms with Gasteiger partial charge in [-0.2, -0.15) is 0 Å². The van der Waals surface area contributed by atoms with Gasteiger partial charge in [-0.05, 0) is 48.9 Å². The van der Waals surface area contributed by atoms with Crippen molar-refractivity contribution in [1.82, 2.24) is 0 Å². The Labute approximate surface area is 129 Å². The monoisotopic (exact) mass is 287 g/mol. The lowest BCUT2D eigenvalue weighted by Crippen LogP contribution is -2.04. The average Bonchev–Trinajstić information content (AvgIpc) is 2.76. The molecule has 21 heavy (non-hydrogen) atoms. The van der Waals surface area contributed by atoms with E-state index in [-0.39, 0.29) is 0 Å². The van der Waals surface area contributed by atoms with Gasteiger partial charge in [0.25, 0.3) is 0 Å². The molecular weight excluding hydrogens is 258 g/mol. The van der Waals surface area contributed by atoms with E-state index in [1.807, 2.05) is 13.0 Å². The SMILES string of the molecule is C=C.C=C(C)OCc1cc(N)ccc1C1CCCCCC1. The van der Waals surface area contributed by atoms with Crippen LogP contribution in [0.25, 0.3) is 0 Å². The lowest BCUT2D eigenvalue weighted by atomic mass is 9.88. The Bertz CT molecular complexity index is 445. The Morgan fingerprint density at radius 3 is 2.38 bits per heavy atom. The molecule has 1 aromatic carbocycles. The van der Waals surface area contributed by atoms with Crippen LogP contribution in [0.1, 0.15) is 62.5 Å². The summed E-state index contributed by atoms with van der Waals surface area (Å²) in [5.41, 5.74) is 9.39. The van der Waals surface area contributed by atoms with Crippen molar-refractivity contribution in [2.45, 2.75) is 58.0 Å². The highest BCUT2D eigenvalue weighted by atomic mass is 16.5. The maximum absolute atomic E-state index is 5.92. The first-order valence-corrected chi connectivity index (χ1v) is 7.83. The van der Waals surface area contributed by atoms with Crippen LogP contribution >= 0.6 is 0 Å². The van der Waals surface area contributed by atoms with Crippen molar-refractivity contribution in [2.75, 3.05) is 5.73 Å². The second-order valence-electron chi connectivity index (χ2n) is 5.64. The number of allylic oxidation sites excluding steroid dienone is 1. The summed E-state index contributed by atoms with van der Waals surface area (Å²) in [7, 11) is 0. The molecule has 0 saturated heterocycles. The second-order valence-corrected chi connectivity index (χ2v) is 5.64. The van der Waals surface area contributed by atoms with E-state index in [9.17, 15) is 0 Å². The summed E-state index contributed by atoms with van der Waals surface area (Å²) in [5, 5.41) is 0. The summed E-state index contributed by atoms with van der Waals surface area (Å²) in [6.07, 6.45) is 8.03. The molecule has 2 nitrogen and oxygen atoms in total. The van der Waals surface area contributed by atoms with Crippen molar-refractivity contribution in [3.63, 3.8) is 0 Å². The minimum Gasteiger partial charge on any atom is -0.494 e. The highest BCUT2D eigenvalue weighted by Gasteiger charge is 2.17. The lowest BCUT2D eigenvalue weighted by Gasteiger charge is -2.19.